The zero-order valence-corrected chi connectivity index (χ0v) is 23.8. The third-order valence-electron chi connectivity index (χ3n) is 8.73. The van der Waals surface area contributed by atoms with Crippen LogP contribution in [0.2, 0.25) is 0 Å². The molecule has 3 N–H and O–H groups in total. The molecule has 3 aliphatic heterocycles. The molecule has 1 saturated carbocycles. The Morgan fingerprint density at radius 2 is 1.86 bits per heavy atom. The Bertz CT molecular complexity index is 1670. The number of methoxy groups -OCH3 is 2. The summed E-state index contributed by atoms with van der Waals surface area (Å²) in [5.41, 5.74) is 3.66. The highest BCUT2D eigenvalue weighted by Crippen LogP contribution is 2.58. The Labute approximate surface area is 244 Å². The van der Waals surface area contributed by atoms with Crippen molar-refractivity contribution in [3.05, 3.63) is 83.6 Å². The molecule has 8 rings (SSSR count). The van der Waals surface area contributed by atoms with E-state index in [1.807, 2.05) is 48.7 Å². The average Bonchev–Trinajstić information content (AvgIpc) is 3.69. The minimum atomic E-state index is -0.182. The summed E-state index contributed by atoms with van der Waals surface area (Å²) >= 11 is 0. The second-order valence-electron chi connectivity index (χ2n) is 11.6. The monoisotopic (exact) mass is 566 g/mol. The smallest absolute Gasteiger partial charge is 0.251 e. The Hall–Kier alpha value is -4.50. The van der Waals surface area contributed by atoms with Gasteiger partial charge in [-0.05, 0) is 60.9 Å². The second-order valence-corrected chi connectivity index (χ2v) is 11.6. The Balaban J connectivity index is 0.984. The van der Waals surface area contributed by atoms with Crippen molar-refractivity contribution >= 4 is 28.2 Å². The number of hydrogen-bond acceptors (Lipinski definition) is 8. The number of nitrogens with zero attached hydrogens (tertiary/aromatic N) is 1. The van der Waals surface area contributed by atoms with Gasteiger partial charge in [0.25, 0.3) is 5.91 Å². The van der Waals surface area contributed by atoms with Crippen LogP contribution >= 0.6 is 0 Å². The first-order chi connectivity index (χ1) is 20.5. The minimum absolute atomic E-state index is 0.0141. The molecule has 3 aromatic carbocycles. The zero-order chi connectivity index (χ0) is 28.7. The van der Waals surface area contributed by atoms with E-state index in [0.717, 1.165) is 75.6 Å². The summed E-state index contributed by atoms with van der Waals surface area (Å²) in [7, 11) is 3.31. The summed E-state index contributed by atoms with van der Waals surface area (Å²) in [6.07, 6.45) is 3.75. The van der Waals surface area contributed by atoms with Gasteiger partial charge in [-0.1, -0.05) is 12.1 Å². The lowest BCUT2D eigenvalue weighted by molar-refractivity contribution is -0.0134. The summed E-state index contributed by atoms with van der Waals surface area (Å²) in [5.74, 6) is 3.13. The summed E-state index contributed by atoms with van der Waals surface area (Å²) in [4.78, 5) is 16.4. The number of fused-ring (bicyclic) bond motifs is 3. The molecule has 4 aromatic rings. The number of ether oxygens (including phenoxy) is 4. The highest BCUT2D eigenvalue weighted by molar-refractivity contribution is 6.00. The first-order valence-electron chi connectivity index (χ1n) is 14.2. The fourth-order valence-electron chi connectivity index (χ4n) is 6.62. The molecule has 4 heterocycles. The molecule has 2 bridgehead atoms. The maximum atomic E-state index is 11.8. The van der Waals surface area contributed by atoms with Crippen molar-refractivity contribution in [3.8, 4) is 17.2 Å². The summed E-state index contributed by atoms with van der Waals surface area (Å²) < 4.78 is 23.4. The van der Waals surface area contributed by atoms with Crippen LogP contribution < -0.4 is 30.2 Å². The van der Waals surface area contributed by atoms with E-state index in [0.29, 0.717) is 26.3 Å². The molecule has 0 atom stereocenters. The number of carbonyl (C=O) groups excluding carboxylic acids is 1. The number of amides is 1. The van der Waals surface area contributed by atoms with Crippen LogP contribution in [-0.2, 0) is 17.8 Å². The fraction of sp³-hybridized carbons (Fsp3) is 0.333. The van der Waals surface area contributed by atoms with Gasteiger partial charge in [0.15, 0.2) is 0 Å². The van der Waals surface area contributed by atoms with Gasteiger partial charge in [0.1, 0.15) is 23.1 Å². The molecule has 9 heteroatoms. The molecule has 3 fully saturated rings. The molecular weight excluding hydrogens is 532 g/mol. The average molecular weight is 567 g/mol. The molecule has 1 aliphatic carbocycles. The van der Waals surface area contributed by atoms with Gasteiger partial charge in [0, 0.05) is 64.9 Å². The number of carbonyl (C=O) groups is 1. The first-order valence-corrected chi connectivity index (χ1v) is 14.2. The van der Waals surface area contributed by atoms with Crippen molar-refractivity contribution in [1.82, 2.24) is 10.3 Å². The van der Waals surface area contributed by atoms with Crippen LogP contribution in [0.15, 0.2) is 66.9 Å². The lowest BCUT2D eigenvalue weighted by Crippen LogP contribution is -2.51. The fourth-order valence-corrected chi connectivity index (χ4v) is 6.62. The largest absolute Gasteiger partial charge is 0.497 e. The molecule has 0 unspecified atom stereocenters. The number of nitrogens with one attached hydrogen (secondary N) is 3. The predicted molar refractivity (Wildman–Crippen MR) is 161 cm³/mol. The third kappa shape index (κ3) is 4.73. The Kier molecular flexibility index (Phi) is 6.54. The summed E-state index contributed by atoms with van der Waals surface area (Å²) in [6, 6.07) is 19.8. The molecule has 2 saturated heterocycles. The van der Waals surface area contributed by atoms with Gasteiger partial charge in [-0.25, -0.2) is 4.98 Å². The molecule has 1 amide bonds. The minimum Gasteiger partial charge on any atom is -0.497 e. The zero-order valence-electron chi connectivity index (χ0n) is 23.8. The van der Waals surface area contributed by atoms with Gasteiger partial charge in [-0.2, -0.15) is 0 Å². The highest BCUT2D eigenvalue weighted by Gasteiger charge is 2.62. The van der Waals surface area contributed by atoms with Crippen molar-refractivity contribution in [2.24, 2.45) is 5.41 Å². The lowest BCUT2D eigenvalue weighted by atomic mass is 9.63. The van der Waals surface area contributed by atoms with Crippen molar-refractivity contribution in [2.45, 2.75) is 31.5 Å². The van der Waals surface area contributed by atoms with E-state index in [1.165, 1.54) is 0 Å². The van der Waals surface area contributed by atoms with Gasteiger partial charge in [0.05, 0.1) is 33.0 Å². The number of pyridine rings is 1. The van der Waals surface area contributed by atoms with E-state index in [-0.39, 0.29) is 16.9 Å². The number of aromatic nitrogens is 1. The molecule has 42 heavy (non-hydrogen) atoms. The molecule has 0 radical (unpaired) electrons. The normalized spacial score (nSPS) is 21.8. The molecule has 1 aromatic heterocycles. The van der Waals surface area contributed by atoms with Crippen molar-refractivity contribution in [3.63, 3.8) is 0 Å². The van der Waals surface area contributed by atoms with Crippen molar-refractivity contribution in [2.75, 3.05) is 44.6 Å². The SMILES string of the molecule is COc1ccc(CNc2nccc3c(NCC45CC(COc6ccc7c(c6)CNC7=O)(CO4)C5)cccc23)c(OC)c1. The van der Waals surface area contributed by atoms with Gasteiger partial charge in [-0.3, -0.25) is 4.79 Å². The highest BCUT2D eigenvalue weighted by atomic mass is 16.5. The van der Waals surface area contributed by atoms with Crippen LogP contribution in [0, 0.1) is 5.41 Å². The van der Waals surface area contributed by atoms with Gasteiger partial charge >= 0.3 is 0 Å². The van der Waals surface area contributed by atoms with Crippen molar-refractivity contribution in [1.29, 1.82) is 0 Å². The standard InChI is InChI=1S/C33H34N4O5/c1-39-23-7-6-21(29(13-23)40-2)14-35-30-27-4-3-5-28(26(27)10-11-34-30)37-18-33-16-32(17-33,20-42-33)19-41-24-8-9-25-22(12-24)15-36-31(25)38/h3-13,37H,14-20H2,1-2H3,(H,34,35)(H,36,38). The van der Waals surface area contributed by atoms with E-state index in [4.69, 9.17) is 18.9 Å². The van der Waals surface area contributed by atoms with E-state index < -0.39 is 0 Å². The Morgan fingerprint density at radius 3 is 2.71 bits per heavy atom. The van der Waals surface area contributed by atoms with Crippen LogP contribution in [0.5, 0.6) is 17.2 Å². The summed E-state index contributed by atoms with van der Waals surface area (Å²) in [5, 5.41) is 12.2. The summed E-state index contributed by atoms with van der Waals surface area (Å²) in [6.45, 7) is 3.17. The molecular formula is C33H34N4O5. The van der Waals surface area contributed by atoms with Crippen LogP contribution in [0.4, 0.5) is 11.5 Å². The maximum absolute atomic E-state index is 11.8. The number of anilines is 2. The molecule has 0 spiro atoms. The molecule has 4 aliphatic rings. The third-order valence-corrected chi connectivity index (χ3v) is 8.73. The van der Waals surface area contributed by atoms with Crippen LogP contribution in [0.1, 0.15) is 34.3 Å². The predicted octanol–water partition coefficient (Wildman–Crippen LogP) is 5.15. The number of rotatable bonds is 11. The Morgan fingerprint density at radius 1 is 0.976 bits per heavy atom. The van der Waals surface area contributed by atoms with Crippen molar-refractivity contribution < 1.29 is 23.7 Å². The maximum Gasteiger partial charge on any atom is 0.251 e. The molecule has 216 valence electrons. The van der Waals surface area contributed by atoms with E-state index >= 15 is 0 Å². The number of benzene rings is 3. The van der Waals surface area contributed by atoms with E-state index in [9.17, 15) is 4.79 Å². The quantitative estimate of drug-likeness (QED) is 0.229. The first kappa shape index (κ1) is 26.4. The van der Waals surface area contributed by atoms with Crippen LogP contribution in [0.3, 0.4) is 0 Å². The van der Waals surface area contributed by atoms with Crippen LogP contribution in [-0.4, -0.2) is 50.5 Å². The van der Waals surface area contributed by atoms with E-state index in [1.54, 1.807) is 14.2 Å². The van der Waals surface area contributed by atoms with Crippen LogP contribution in [0.25, 0.3) is 10.8 Å². The van der Waals surface area contributed by atoms with Gasteiger partial charge in [-0.15, -0.1) is 0 Å². The number of hydrogen-bond donors (Lipinski definition) is 3. The van der Waals surface area contributed by atoms with E-state index in [2.05, 4.69) is 39.1 Å². The topological polar surface area (TPSA) is 103 Å². The second kappa shape index (κ2) is 10.4. The van der Waals surface area contributed by atoms with Gasteiger partial charge < -0.3 is 34.9 Å². The lowest BCUT2D eigenvalue weighted by Gasteiger charge is -2.44. The van der Waals surface area contributed by atoms with Gasteiger partial charge in [0.2, 0.25) is 0 Å². The molecule has 9 nitrogen and oxygen atoms in total.